The summed E-state index contributed by atoms with van der Waals surface area (Å²) in [5.74, 6) is -0.974. The Balaban J connectivity index is 2.35. The van der Waals surface area contributed by atoms with Gasteiger partial charge in [-0.25, -0.2) is 14.6 Å². The molecule has 118 valence electrons. The number of hydrogen-bond donors (Lipinski definition) is 0. The van der Waals surface area contributed by atoms with Gasteiger partial charge in [0.1, 0.15) is 6.21 Å². The van der Waals surface area contributed by atoms with E-state index in [4.69, 9.17) is 0 Å². The summed E-state index contributed by atoms with van der Waals surface area (Å²) in [6.45, 7) is 0. The molecule has 0 heterocycles. The molecule has 0 spiro atoms. The van der Waals surface area contributed by atoms with Gasteiger partial charge in [0.05, 0.1) is 31.2 Å². The Morgan fingerprint density at radius 1 is 0.913 bits per heavy atom. The second-order valence-corrected chi connectivity index (χ2v) is 4.45. The number of esters is 2. The Bertz CT molecular complexity index is 696. The van der Waals surface area contributed by atoms with Gasteiger partial charge in [0.2, 0.25) is 0 Å². The third-order valence-corrected chi connectivity index (χ3v) is 3.01. The van der Waals surface area contributed by atoms with Gasteiger partial charge in [-0.3, -0.25) is 0 Å². The zero-order chi connectivity index (χ0) is 16.7. The molecular formula is C17H16N2O4. The minimum atomic E-state index is -0.558. The van der Waals surface area contributed by atoms with E-state index in [-0.39, 0.29) is 0 Å². The minimum absolute atomic E-state index is 0.416. The topological polar surface area (TPSA) is 68.2 Å². The summed E-state index contributed by atoms with van der Waals surface area (Å²) in [7, 11) is 2.61. The van der Waals surface area contributed by atoms with Crippen LogP contribution < -0.4 is 5.01 Å². The van der Waals surface area contributed by atoms with Crippen molar-refractivity contribution < 1.29 is 19.1 Å². The molecule has 0 N–H and O–H groups in total. The third-order valence-electron chi connectivity index (χ3n) is 3.01. The number of anilines is 2. The largest absolute Gasteiger partial charge is 0.465 e. The molecule has 23 heavy (non-hydrogen) atoms. The van der Waals surface area contributed by atoms with E-state index in [2.05, 4.69) is 14.6 Å². The van der Waals surface area contributed by atoms with Crippen molar-refractivity contribution in [3.05, 3.63) is 60.2 Å². The van der Waals surface area contributed by atoms with Crippen molar-refractivity contribution in [2.24, 2.45) is 5.10 Å². The first-order valence-corrected chi connectivity index (χ1v) is 6.81. The Morgan fingerprint density at radius 3 is 2.09 bits per heavy atom. The molecule has 0 aliphatic heterocycles. The summed E-state index contributed by atoms with van der Waals surface area (Å²) >= 11 is 0. The van der Waals surface area contributed by atoms with Crippen molar-refractivity contribution in [1.29, 1.82) is 0 Å². The first kappa shape index (κ1) is 16.2. The van der Waals surface area contributed by atoms with E-state index in [0.29, 0.717) is 11.3 Å². The van der Waals surface area contributed by atoms with Crippen LogP contribution in [0.25, 0.3) is 0 Å². The van der Waals surface area contributed by atoms with Gasteiger partial charge in [0.25, 0.3) is 0 Å². The maximum Gasteiger partial charge on any atom is 0.350 e. The predicted octanol–water partition coefficient (Wildman–Crippen LogP) is 2.77. The zero-order valence-corrected chi connectivity index (χ0v) is 12.8. The van der Waals surface area contributed by atoms with Crippen molar-refractivity contribution >= 4 is 29.5 Å². The fourth-order valence-corrected chi connectivity index (χ4v) is 1.87. The number of para-hydroxylation sites is 1. The molecule has 0 atom stereocenters. The normalized spacial score (nSPS) is 10.3. The Kier molecular flexibility index (Phi) is 5.46. The molecule has 0 saturated carbocycles. The number of carbonyl (C=O) groups excluding carboxylic acids is 2. The quantitative estimate of drug-likeness (QED) is 0.482. The number of rotatable bonds is 5. The average Bonchev–Trinajstić information content (AvgIpc) is 2.62. The molecule has 0 aliphatic carbocycles. The highest BCUT2D eigenvalue weighted by Gasteiger charge is 2.10. The van der Waals surface area contributed by atoms with E-state index in [1.165, 1.54) is 14.2 Å². The van der Waals surface area contributed by atoms with Crippen molar-refractivity contribution in [1.82, 2.24) is 0 Å². The van der Waals surface area contributed by atoms with Gasteiger partial charge in [0.15, 0.2) is 0 Å². The Labute approximate surface area is 133 Å². The molecule has 0 unspecified atom stereocenters. The van der Waals surface area contributed by atoms with Crippen molar-refractivity contribution in [2.75, 3.05) is 19.2 Å². The van der Waals surface area contributed by atoms with Crippen LogP contribution in [0.1, 0.15) is 10.4 Å². The Hall–Kier alpha value is -3.15. The van der Waals surface area contributed by atoms with Gasteiger partial charge in [-0.05, 0) is 36.4 Å². The number of ether oxygens (including phenoxy) is 2. The smallest absolute Gasteiger partial charge is 0.350 e. The summed E-state index contributed by atoms with van der Waals surface area (Å²) in [5.41, 5.74) is 1.88. The predicted molar refractivity (Wildman–Crippen MR) is 86.9 cm³/mol. The molecule has 2 rings (SSSR count). The number of hydrogen-bond acceptors (Lipinski definition) is 6. The van der Waals surface area contributed by atoms with Gasteiger partial charge >= 0.3 is 11.9 Å². The lowest BCUT2D eigenvalue weighted by Gasteiger charge is -2.19. The van der Waals surface area contributed by atoms with Crippen molar-refractivity contribution in [3.8, 4) is 0 Å². The van der Waals surface area contributed by atoms with Gasteiger partial charge in [0, 0.05) is 0 Å². The summed E-state index contributed by atoms with van der Waals surface area (Å²) < 4.78 is 9.23. The van der Waals surface area contributed by atoms with Gasteiger partial charge in [-0.15, -0.1) is 0 Å². The second kappa shape index (κ2) is 7.74. The lowest BCUT2D eigenvalue weighted by atomic mass is 10.2. The fourth-order valence-electron chi connectivity index (χ4n) is 1.87. The summed E-state index contributed by atoms with van der Waals surface area (Å²) in [5, 5.41) is 5.71. The van der Waals surface area contributed by atoms with Crippen LogP contribution in [0.5, 0.6) is 0 Å². The van der Waals surface area contributed by atoms with E-state index in [1.54, 1.807) is 29.3 Å². The molecule has 0 aliphatic rings. The first-order chi connectivity index (χ1) is 11.2. The number of carbonyl (C=O) groups is 2. The molecular weight excluding hydrogens is 296 g/mol. The highest BCUT2D eigenvalue weighted by molar-refractivity contribution is 6.23. The first-order valence-electron chi connectivity index (χ1n) is 6.81. The highest BCUT2D eigenvalue weighted by atomic mass is 16.5. The molecule has 0 bridgehead atoms. The maximum absolute atomic E-state index is 11.5. The number of benzene rings is 2. The molecule has 2 aromatic carbocycles. The third kappa shape index (κ3) is 4.16. The van der Waals surface area contributed by atoms with Crippen molar-refractivity contribution in [2.45, 2.75) is 0 Å². The van der Waals surface area contributed by atoms with E-state index in [0.717, 1.165) is 11.9 Å². The summed E-state index contributed by atoms with van der Waals surface area (Å²) in [6.07, 6.45) is 1.08. The SMILES string of the molecule is COC(=O)/C=N/N(c1ccccc1)c1ccc(C(=O)OC)cc1. The number of nitrogens with zero attached hydrogens (tertiary/aromatic N) is 2. The molecule has 0 fully saturated rings. The molecule has 2 aromatic rings. The minimum Gasteiger partial charge on any atom is -0.465 e. The molecule has 6 heteroatoms. The van der Waals surface area contributed by atoms with Crippen LogP contribution in [0.2, 0.25) is 0 Å². The summed E-state index contributed by atoms with van der Waals surface area (Å²) in [6, 6.07) is 16.0. The highest BCUT2D eigenvalue weighted by Crippen LogP contribution is 2.25. The molecule has 0 aromatic heterocycles. The van der Waals surface area contributed by atoms with E-state index in [9.17, 15) is 9.59 Å². The lowest BCUT2D eigenvalue weighted by molar-refractivity contribution is -0.132. The average molecular weight is 312 g/mol. The van der Waals surface area contributed by atoms with Gasteiger partial charge in [-0.2, -0.15) is 5.10 Å². The van der Waals surface area contributed by atoms with Gasteiger partial charge < -0.3 is 9.47 Å². The fraction of sp³-hybridized carbons (Fsp3) is 0.118. The van der Waals surface area contributed by atoms with E-state index >= 15 is 0 Å². The molecule has 0 amide bonds. The van der Waals surface area contributed by atoms with Crippen LogP contribution in [0.4, 0.5) is 11.4 Å². The zero-order valence-electron chi connectivity index (χ0n) is 12.8. The van der Waals surface area contributed by atoms with Crippen molar-refractivity contribution in [3.63, 3.8) is 0 Å². The van der Waals surface area contributed by atoms with E-state index < -0.39 is 11.9 Å². The van der Waals surface area contributed by atoms with Gasteiger partial charge in [-0.1, -0.05) is 18.2 Å². The molecule has 6 nitrogen and oxygen atoms in total. The van der Waals surface area contributed by atoms with Crippen LogP contribution in [-0.4, -0.2) is 32.4 Å². The van der Waals surface area contributed by atoms with Crippen LogP contribution in [0.15, 0.2) is 59.7 Å². The number of methoxy groups -OCH3 is 2. The monoisotopic (exact) mass is 312 g/mol. The molecule has 0 radical (unpaired) electrons. The van der Waals surface area contributed by atoms with E-state index in [1.807, 2.05) is 30.3 Å². The van der Waals surface area contributed by atoms with Crippen LogP contribution in [-0.2, 0) is 14.3 Å². The summed E-state index contributed by atoms with van der Waals surface area (Å²) in [4.78, 5) is 22.8. The Morgan fingerprint density at radius 2 is 1.52 bits per heavy atom. The van der Waals surface area contributed by atoms with Crippen LogP contribution >= 0.6 is 0 Å². The van der Waals surface area contributed by atoms with Crippen LogP contribution in [0, 0.1) is 0 Å². The standard InChI is InChI=1S/C17H16N2O4/c1-22-16(20)12-18-19(14-6-4-3-5-7-14)15-10-8-13(9-11-15)17(21)23-2/h3-12H,1-2H3/b18-12+. The second-order valence-electron chi connectivity index (χ2n) is 4.45. The lowest BCUT2D eigenvalue weighted by Crippen LogP contribution is -2.12. The molecule has 0 saturated heterocycles. The maximum atomic E-state index is 11.5. The number of hydrazone groups is 1. The van der Waals surface area contributed by atoms with Crippen LogP contribution in [0.3, 0.4) is 0 Å².